The lowest BCUT2D eigenvalue weighted by Crippen LogP contribution is -2.44. The van der Waals surface area contributed by atoms with Gasteiger partial charge in [0.25, 0.3) is 0 Å². The second-order valence-corrected chi connectivity index (χ2v) is 11.4. The maximum absolute atomic E-state index is 15.4. The number of anilines is 1. The van der Waals surface area contributed by atoms with E-state index in [-0.39, 0.29) is 23.4 Å². The number of fused-ring (bicyclic) bond motifs is 3. The zero-order valence-corrected chi connectivity index (χ0v) is 24.3. The fourth-order valence-corrected chi connectivity index (χ4v) is 5.64. The van der Waals surface area contributed by atoms with E-state index in [1.165, 1.54) is 24.3 Å². The van der Waals surface area contributed by atoms with Crippen molar-refractivity contribution in [2.75, 3.05) is 31.7 Å². The number of benzene rings is 2. The van der Waals surface area contributed by atoms with Crippen LogP contribution in [-0.2, 0) is 14.3 Å². The molecule has 7 rings (SSSR count). The maximum atomic E-state index is 15.4. The Kier molecular flexibility index (Phi) is 7.74. The Labute approximate surface area is 257 Å². The number of nitrogens with one attached hydrogen (secondary N) is 2. The molecule has 2 aliphatic heterocycles. The van der Waals surface area contributed by atoms with Gasteiger partial charge in [0.15, 0.2) is 23.1 Å². The fourth-order valence-electron chi connectivity index (χ4n) is 5.64. The molecule has 0 bridgehead atoms. The average molecular weight is 620 g/mol. The minimum absolute atomic E-state index is 0.0278. The van der Waals surface area contributed by atoms with Gasteiger partial charge in [0.2, 0.25) is 17.6 Å². The zero-order chi connectivity index (χ0) is 31.0. The molecule has 3 heterocycles. The van der Waals surface area contributed by atoms with Gasteiger partial charge in [-0.1, -0.05) is 6.08 Å². The highest BCUT2D eigenvalue weighted by Crippen LogP contribution is 2.49. The maximum Gasteiger partial charge on any atom is 0.240 e. The lowest BCUT2D eigenvalue weighted by molar-refractivity contribution is -0.134. The molecule has 1 atom stereocenters. The van der Waals surface area contributed by atoms with Gasteiger partial charge in [0.05, 0.1) is 30.2 Å². The van der Waals surface area contributed by atoms with Gasteiger partial charge in [-0.3, -0.25) is 14.6 Å². The smallest absolute Gasteiger partial charge is 0.240 e. The first kappa shape index (κ1) is 29.0. The average Bonchev–Trinajstić information content (AvgIpc) is 3.87. The van der Waals surface area contributed by atoms with E-state index in [1.807, 2.05) is 0 Å². The predicted octanol–water partition coefficient (Wildman–Crippen LogP) is 5.51. The van der Waals surface area contributed by atoms with Crippen LogP contribution in [0, 0.1) is 11.2 Å². The number of allylic oxidation sites excluding steroid dienone is 2. The Morgan fingerprint density at radius 2 is 1.73 bits per heavy atom. The van der Waals surface area contributed by atoms with Crippen molar-refractivity contribution in [3.05, 3.63) is 66.4 Å². The summed E-state index contributed by atoms with van der Waals surface area (Å²) < 4.78 is 58.3. The van der Waals surface area contributed by atoms with E-state index in [0.29, 0.717) is 79.6 Å². The number of nitrogens with zero attached hydrogens (tertiary/aromatic N) is 1. The molecule has 2 aliphatic carbocycles. The Balaban J connectivity index is 1.08. The Hall–Kier alpha value is -4.71. The molecule has 2 fully saturated rings. The Morgan fingerprint density at radius 1 is 0.933 bits per heavy atom. The first-order chi connectivity index (χ1) is 21.9. The molecule has 45 heavy (non-hydrogen) atoms. The van der Waals surface area contributed by atoms with Gasteiger partial charge in [-0.15, -0.1) is 0 Å². The number of rotatable bonds is 8. The molecule has 1 aromatic heterocycles. The first-order valence-corrected chi connectivity index (χ1v) is 15.0. The largest absolute Gasteiger partial charge is 0.486 e. The molecule has 10 nitrogen and oxygen atoms in total. The molecule has 3 aromatic rings. The molecular weight excluding hydrogens is 588 g/mol. The number of hydrogen-bond acceptors (Lipinski definition) is 8. The van der Waals surface area contributed by atoms with Crippen LogP contribution in [0.15, 0.2) is 60.6 Å². The normalized spacial score (nSPS) is 20.2. The molecule has 2 aromatic carbocycles. The standard InChI is InChI=1S/C33H31F2N3O7/c34-19-1-3-20(4-2-19)37-31(39)33(10-11-33)32(40)38-21-5-6-25(23(35)17-21)45-26-7-12-36-24-18-27(44-22-8-13-41-14-9-22)29-30(28(24)26)43-16-15-42-29/h1-3,5-7,12,17-18,20,22H,4,8-11,13-16H2,(H,37,39)(H,38,40). The van der Waals surface area contributed by atoms with Gasteiger partial charge < -0.3 is 34.3 Å². The van der Waals surface area contributed by atoms with Gasteiger partial charge >= 0.3 is 0 Å². The van der Waals surface area contributed by atoms with Crippen LogP contribution >= 0.6 is 0 Å². The van der Waals surface area contributed by atoms with E-state index < -0.39 is 29.1 Å². The van der Waals surface area contributed by atoms with Crippen molar-refractivity contribution in [2.45, 2.75) is 44.2 Å². The van der Waals surface area contributed by atoms with Crippen LogP contribution in [0.5, 0.6) is 28.7 Å². The van der Waals surface area contributed by atoms with Crippen molar-refractivity contribution < 1.29 is 42.1 Å². The van der Waals surface area contributed by atoms with E-state index in [1.54, 1.807) is 24.4 Å². The molecule has 2 amide bonds. The summed E-state index contributed by atoms with van der Waals surface area (Å²) in [5, 5.41) is 5.96. The van der Waals surface area contributed by atoms with E-state index in [4.69, 9.17) is 23.7 Å². The monoisotopic (exact) mass is 619 g/mol. The van der Waals surface area contributed by atoms with E-state index in [2.05, 4.69) is 15.6 Å². The van der Waals surface area contributed by atoms with Crippen molar-refractivity contribution in [2.24, 2.45) is 5.41 Å². The molecular formula is C33H31F2N3O7. The highest BCUT2D eigenvalue weighted by atomic mass is 19.1. The summed E-state index contributed by atoms with van der Waals surface area (Å²) in [5.74, 6) is -0.474. The summed E-state index contributed by atoms with van der Waals surface area (Å²) in [7, 11) is 0. The summed E-state index contributed by atoms with van der Waals surface area (Å²) in [4.78, 5) is 30.5. The van der Waals surface area contributed by atoms with Crippen LogP contribution in [0.2, 0.25) is 0 Å². The molecule has 1 saturated carbocycles. The lowest BCUT2D eigenvalue weighted by atomic mass is 10.0. The molecule has 0 spiro atoms. The van der Waals surface area contributed by atoms with Crippen LogP contribution < -0.4 is 29.6 Å². The van der Waals surface area contributed by atoms with Gasteiger partial charge in [0.1, 0.15) is 36.3 Å². The van der Waals surface area contributed by atoms with E-state index in [0.717, 1.165) is 18.9 Å². The molecule has 1 saturated heterocycles. The Bertz CT molecular complexity index is 1720. The van der Waals surface area contributed by atoms with Crippen molar-refractivity contribution in [1.82, 2.24) is 10.3 Å². The SMILES string of the molecule is O=C(Nc1ccc(Oc2ccnc3cc(OC4CCOCC4)c4c(c23)OCCO4)c(F)c1)C1(C(=O)NC2C=CC(F)=CC2)CC1. The van der Waals surface area contributed by atoms with Crippen molar-refractivity contribution in [1.29, 1.82) is 0 Å². The number of amides is 2. The molecule has 4 aliphatic rings. The number of halogens is 2. The van der Waals surface area contributed by atoms with Crippen LogP contribution in [0.4, 0.5) is 14.5 Å². The minimum atomic E-state index is -1.25. The summed E-state index contributed by atoms with van der Waals surface area (Å²) in [6.07, 6.45) is 8.28. The van der Waals surface area contributed by atoms with E-state index in [9.17, 15) is 14.0 Å². The van der Waals surface area contributed by atoms with Gasteiger partial charge in [-0.25, -0.2) is 8.78 Å². The van der Waals surface area contributed by atoms with Crippen molar-refractivity contribution in [3.63, 3.8) is 0 Å². The van der Waals surface area contributed by atoms with Gasteiger partial charge in [-0.2, -0.15) is 0 Å². The zero-order valence-electron chi connectivity index (χ0n) is 24.3. The second-order valence-electron chi connectivity index (χ2n) is 11.4. The number of carbonyl (C=O) groups is 2. The van der Waals surface area contributed by atoms with Crippen LogP contribution in [0.3, 0.4) is 0 Å². The summed E-state index contributed by atoms with van der Waals surface area (Å²) in [5.41, 5.74) is -0.542. The third-order valence-electron chi connectivity index (χ3n) is 8.31. The summed E-state index contributed by atoms with van der Waals surface area (Å²) in [6.45, 7) is 1.90. The van der Waals surface area contributed by atoms with Crippen molar-refractivity contribution >= 4 is 28.4 Å². The van der Waals surface area contributed by atoms with Gasteiger partial charge in [-0.05, 0) is 49.6 Å². The summed E-state index contributed by atoms with van der Waals surface area (Å²) >= 11 is 0. The highest BCUT2D eigenvalue weighted by molar-refractivity contribution is 6.13. The van der Waals surface area contributed by atoms with Crippen LogP contribution in [0.25, 0.3) is 10.9 Å². The fraction of sp³-hybridized carbons (Fsp3) is 0.364. The second kappa shape index (κ2) is 12.0. The number of pyridine rings is 1. The minimum Gasteiger partial charge on any atom is -0.486 e. The molecule has 1 unspecified atom stereocenters. The van der Waals surface area contributed by atoms with Crippen LogP contribution in [-0.4, -0.2) is 55.4 Å². The van der Waals surface area contributed by atoms with Crippen molar-refractivity contribution in [3.8, 4) is 28.7 Å². The molecule has 12 heteroatoms. The van der Waals surface area contributed by atoms with E-state index >= 15 is 4.39 Å². The summed E-state index contributed by atoms with van der Waals surface area (Å²) in [6, 6.07) is 7.02. The van der Waals surface area contributed by atoms with Gasteiger partial charge in [0, 0.05) is 36.9 Å². The number of hydrogen-bond donors (Lipinski definition) is 2. The molecule has 0 radical (unpaired) electrons. The topological polar surface area (TPSA) is 117 Å². The first-order valence-electron chi connectivity index (χ1n) is 15.0. The predicted molar refractivity (Wildman–Crippen MR) is 159 cm³/mol. The highest BCUT2D eigenvalue weighted by Gasteiger charge is 2.56. The molecule has 234 valence electrons. The number of ether oxygens (including phenoxy) is 5. The lowest BCUT2D eigenvalue weighted by Gasteiger charge is -2.27. The number of carbonyl (C=O) groups excluding carboxylic acids is 2. The molecule has 2 N–H and O–H groups in total. The Morgan fingerprint density at radius 3 is 2.47 bits per heavy atom. The number of aromatic nitrogens is 1. The quantitative estimate of drug-likeness (QED) is 0.317. The van der Waals surface area contributed by atoms with Crippen LogP contribution in [0.1, 0.15) is 32.1 Å². The third kappa shape index (κ3) is 5.89. The third-order valence-corrected chi connectivity index (χ3v) is 8.31.